The van der Waals surface area contributed by atoms with Crippen LogP contribution in [0.3, 0.4) is 0 Å². The Hall–Kier alpha value is -2.46. The molecule has 112 valence electrons. The molecule has 3 rings (SSSR count). The fraction of sp³-hybridized carbons (Fsp3) is 0.222. The van der Waals surface area contributed by atoms with Crippen LogP contribution in [-0.4, -0.2) is 40.6 Å². The van der Waals surface area contributed by atoms with Crippen LogP contribution in [0, 0.1) is 0 Å². The third kappa shape index (κ3) is 2.42. The first kappa shape index (κ1) is 14.5. The molecule has 1 aromatic heterocycles. The lowest BCUT2D eigenvalue weighted by molar-refractivity contribution is 0.0734. The monoisotopic (exact) mass is 294 g/mol. The molecule has 22 heavy (non-hydrogen) atoms. The van der Waals surface area contributed by atoms with Crippen LogP contribution in [0.2, 0.25) is 0 Å². The van der Waals surface area contributed by atoms with Crippen LogP contribution in [0.25, 0.3) is 21.7 Å². The lowest BCUT2D eigenvalue weighted by atomic mass is 10.00. The molecule has 1 heterocycles. The fourth-order valence-electron chi connectivity index (χ4n) is 2.79. The summed E-state index contributed by atoms with van der Waals surface area (Å²) in [6.07, 6.45) is 1.70. The minimum Gasteiger partial charge on any atom is -0.395 e. The highest BCUT2D eigenvalue weighted by molar-refractivity contribution is 6.15. The molecule has 0 fully saturated rings. The zero-order valence-electron chi connectivity index (χ0n) is 12.5. The van der Waals surface area contributed by atoms with E-state index in [0.29, 0.717) is 24.2 Å². The van der Waals surface area contributed by atoms with Gasteiger partial charge in [-0.2, -0.15) is 0 Å². The molecule has 1 amide bonds. The summed E-state index contributed by atoms with van der Waals surface area (Å²) in [5, 5.41) is 12.2. The standard InChI is InChI=1S/C18H18N2O2/c1-2-20(10-11-21)18(22)16-12-13-6-3-4-7-14(13)15-8-5-9-19-17(15)16/h3-9,12,21H,2,10-11H2,1H3. The van der Waals surface area contributed by atoms with Crippen LogP contribution in [-0.2, 0) is 0 Å². The van der Waals surface area contributed by atoms with Crippen molar-refractivity contribution >= 4 is 27.6 Å². The summed E-state index contributed by atoms with van der Waals surface area (Å²) >= 11 is 0. The SMILES string of the molecule is CCN(CCO)C(=O)c1cc2ccccc2c2cccnc12. The second kappa shape index (κ2) is 6.12. The van der Waals surface area contributed by atoms with E-state index in [9.17, 15) is 4.79 Å². The van der Waals surface area contributed by atoms with Gasteiger partial charge in [0.1, 0.15) is 0 Å². The molecule has 0 radical (unpaired) electrons. The number of carbonyl (C=O) groups is 1. The Morgan fingerprint density at radius 3 is 2.73 bits per heavy atom. The van der Waals surface area contributed by atoms with Crippen molar-refractivity contribution in [2.24, 2.45) is 0 Å². The second-order valence-electron chi connectivity index (χ2n) is 5.15. The zero-order chi connectivity index (χ0) is 15.5. The van der Waals surface area contributed by atoms with Gasteiger partial charge in [0.05, 0.1) is 17.7 Å². The van der Waals surface area contributed by atoms with E-state index in [4.69, 9.17) is 5.11 Å². The number of amides is 1. The Labute approximate surface area is 129 Å². The van der Waals surface area contributed by atoms with Gasteiger partial charge in [0.25, 0.3) is 5.91 Å². The van der Waals surface area contributed by atoms with E-state index < -0.39 is 0 Å². The average molecular weight is 294 g/mol. The number of likely N-dealkylation sites (N-methyl/N-ethyl adjacent to an activating group) is 1. The highest BCUT2D eigenvalue weighted by atomic mass is 16.3. The predicted octanol–water partition coefficient (Wildman–Crippen LogP) is 2.84. The molecule has 4 heteroatoms. The van der Waals surface area contributed by atoms with Crippen LogP contribution in [0.5, 0.6) is 0 Å². The van der Waals surface area contributed by atoms with E-state index in [0.717, 1.165) is 16.2 Å². The molecule has 0 aliphatic heterocycles. The van der Waals surface area contributed by atoms with E-state index >= 15 is 0 Å². The maximum Gasteiger partial charge on any atom is 0.256 e. The van der Waals surface area contributed by atoms with Crippen LogP contribution in [0.1, 0.15) is 17.3 Å². The molecule has 0 atom stereocenters. The summed E-state index contributed by atoms with van der Waals surface area (Å²) in [7, 11) is 0. The normalized spacial score (nSPS) is 11.0. The van der Waals surface area contributed by atoms with Gasteiger partial charge in [-0.05, 0) is 29.8 Å². The molecule has 0 aliphatic carbocycles. The summed E-state index contributed by atoms with van der Waals surface area (Å²) in [5.41, 5.74) is 1.30. The molecule has 0 aliphatic rings. The zero-order valence-corrected chi connectivity index (χ0v) is 12.5. The number of hydrogen-bond donors (Lipinski definition) is 1. The van der Waals surface area contributed by atoms with Crippen molar-refractivity contribution in [1.82, 2.24) is 9.88 Å². The number of carbonyl (C=O) groups excluding carboxylic acids is 1. The second-order valence-corrected chi connectivity index (χ2v) is 5.15. The predicted molar refractivity (Wildman–Crippen MR) is 87.9 cm³/mol. The van der Waals surface area contributed by atoms with Crippen LogP contribution in [0.4, 0.5) is 0 Å². The number of rotatable bonds is 4. The smallest absolute Gasteiger partial charge is 0.256 e. The quantitative estimate of drug-likeness (QED) is 0.753. The van der Waals surface area contributed by atoms with Crippen LogP contribution < -0.4 is 0 Å². The minimum atomic E-state index is -0.0917. The van der Waals surface area contributed by atoms with Gasteiger partial charge in [0, 0.05) is 24.7 Å². The molecule has 1 N–H and O–H groups in total. The Morgan fingerprint density at radius 2 is 1.95 bits per heavy atom. The van der Waals surface area contributed by atoms with Crippen molar-refractivity contribution in [3.05, 3.63) is 54.2 Å². The van der Waals surface area contributed by atoms with Gasteiger partial charge in [-0.25, -0.2) is 0 Å². The molecule has 0 unspecified atom stereocenters. The van der Waals surface area contributed by atoms with Crippen molar-refractivity contribution in [1.29, 1.82) is 0 Å². The largest absolute Gasteiger partial charge is 0.395 e. The Balaban J connectivity index is 2.25. The molecule has 2 aromatic carbocycles. The number of aliphatic hydroxyl groups is 1. The van der Waals surface area contributed by atoms with Crippen molar-refractivity contribution < 1.29 is 9.90 Å². The van der Waals surface area contributed by atoms with E-state index in [1.54, 1.807) is 11.1 Å². The Morgan fingerprint density at radius 1 is 1.18 bits per heavy atom. The minimum absolute atomic E-state index is 0.0431. The lowest BCUT2D eigenvalue weighted by Crippen LogP contribution is -2.33. The summed E-state index contributed by atoms with van der Waals surface area (Å²) in [4.78, 5) is 18.9. The number of benzene rings is 2. The van der Waals surface area contributed by atoms with E-state index in [1.807, 2.05) is 49.4 Å². The van der Waals surface area contributed by atoms with Crippen molar-refractivity contribution in [3.8, 4) is 0 Å². The summed E-state index contributed by atoms with van der Waals surface area (Å²) in [5.74, 6) is -0.0917. The third-order valence-electron chi connectivity index (χ3n) is 3.88. The number of fused-ring (bicyclic) bond motifs is 3. The maximum atomic E-state index is 12.8. The number of aliphatic hydroxyl groups excluding tert-OH is 1. The van der Waals surface area contributed by atoms with E-state index in [-0.39, 0.29) is 12.5 Å². The molecular formula is C18H18N2O2. The van der Waals surface area contributed by atoms with Crippen LogP contribution in [0.15, 0.2) is 48.7 Å². The molecule has 3 aromatic rings. The highest BCUT2D eigenvalue weighted by Crippen LogP contribution is 2.28. The van der Waals surface area contributed by atoms with Crippen molar-refractivity contribution in [3.63, 3.8) is 0 Å². The molecule has 0 saturated heterocycles. The summed E-state index contributed by atoms with van der Waals surface area (Å²) in [6.45, 7) is 2.75. The lowest BCUT2D eigenvalue weighted by Gasteiger charge is -2.20. The van der Waals surface area contributed by atoms with E-state index in [2.05, 4.69) is 4.98 Å². The first-order valence-corrected chi connectivity index (χ1v) is 7.43. The maximum absolute atomic E-state index is 12.8. The molecule has 4 nitrogen and oxygen atoms in total. The third-order valence-corrected chi connectivity index (χ3v) is 3.88. The number of nitrogens with zero attached hydrogens (tertiary/aromatic N) is 2. The molecule has 0 spiro atoms. The van der Waals surface area contributed by atoms with Gasteiger partial charge >= 0.3 is 0 Å². The van der Waals surface area contributed by atoms with Gasteiger partial charge in [-0.15, -0.1) is 0 Å². The number of hydrogen-bond acceptors (Lipinski definition) is 3. The molecular weight excluding hydrogens is 276 g/mol. The van der Waals surface area contributed by atoms with Gasteiger partial charge in [0.2, 0.25) is 0 Å². The van der Waals surface area contributed by atoms with E-state index in [1.165, 1.54) is 0 Å². The highest BCUT2D eigenvalue weighted by Gasteiger charge is 2.18. The summed E-state index contributed by atoms with van der Waals surface area (Å²) in [6, 6.07) is 13.8. The topological polar surface area (TPSA) is 53.4 Å². The van der Waals surface area contributed by atoms with Crippen molar-refractivity contribution in [2.75, 3.05) is 19.7 Å². The van der Waals surface area contributed by atoms with Gasteiger partial charge < -0.3 is 10.0 Å². The van der Waals surface area contributed by atoms with Gasteiger partial charge in [0.15, 0.2) is 0 Å². The summed E-state index contributed by atoms with van der Waals surface area (Å²) < 4.78 is 0. The van der Waals surface area contributed by atoms with Gasteiger partial charge in [-0.3, -0.25) is 9.78 Å². The number of pyridine rings is 1. The van der Waals surface area contributed by atoms with Crippen molar-refractivity contribution in [2.45, 2.75) is 6.92 Å². The first-order valence-electron chi connectivity index (χ1n) is 7.43. The first-order chi connectivity index (χ1) is 10.8. The average Bonchev–Trinajstić information content (AvgIpc) is 2.58. The number of aromatic nitrogens is 1. The fourth-order valence-corrected chi connectivity index (χ4v) is 2.79. The molecule has 0 bridgehead atoms. The molecule has 0 saturated carbocycles. The Bertz CT molecular complexity index is 830. The van der Waals surface area contributed by atoms with Gasteiger partial charge in [-0.1, -0.05) is 30.3 Å². The van der Waals surface area contributed by atoms with Crippen LogP contribution >= 0.6 is 0 Å². The Kier molecular flexibility index (Phi) is 4.02.